The molecule has 1 heterocycles. The molecule has 0 saturated carbocycles. The van der Waals surface area contributed by atoms with Crippen LogP contribution in [0.3, 0.4) is 0 Å². The van der Waals surface area contributed by atoms with Gasteiger partial charge < -0.3 is 40.3 Å². The lowest BCUT2D eigenvalue weighted by atomic mass is 9.99. The maximum Gasteiger partial charge on any atom is 0.220 e. The first-order chi connectivity index (χ1) is 41.8. The molecule has 1 amide bonds. The molecule has 1 rings (SSSR count). The van der Waals surface area contributed by atoms with Crippen molar-refractivity contribution in [3.05, 3.63) is 72.9 Å². The Hall–Kier alpha value is -2.37. The van der Waals surface area contributed by atoms with Crippen molar-refractivity contribution in [2.24, 2.45) is 0 Å². The van der Waals surface area contributed by atoms with Crippen LogP contribution in [0.25, 0.3) is 0 Å². The molecule has 7 atom stereocenters. The van der Waals surface area contributed by atoms with Crippen LogP contribution in [0.15, 0.2) is 72.9 Å². The Balaban J connectivity index is 2.10. The van der Waals surface area contributed by atoms with E-state index >= 15 is 0 Å². The molecule has 496 valence electrons. The molecule has 0 bridgehead atoms. The Kier molecular flexibility index (Phi) is 61.3. The van der Waals surface area contributed by atoms with Crippen molar-refractivity contribution in [2.75, 3.05) is 13.2 Å². The lowest BCUT2D eigenvalue weighted by Gasteiger charge is -2.40. The molecule has 85 heavy (non-hydrogen) atoms. The molecular formula is C76H139NO8. The van der Waals surface area contributed by atoms with Gasteiger partial charge >= 0.3 is 0 Å². The summed E-state index contributed by atoms with van der Waals surface area (Å²) in [5.74, 6) is -0.142. The van der Waals surface area contributed by atoms with Crippen LogP contribution >= 0.6 is 0 Å². The summed E-state index contributed by atoms with van der Waals surface area (Å²) in [5.41, 5.74) is 0. The molecule has 0 spiro atoms. The molecule has 9 heteroatoms. The number of allylic oxidation sites excluding steroid dienone is 12. The van der Waals surface area contributed by atoms with E-state index in [1.54, 1.807) is 0 Å². The van der Waals surface area contributed by atoms with Gasteiger partial charge in [-0.05, 0) is 64.2 Å². The SMILES string of the molecule is CC/C=C\C/C=C\C/C=C\C/C=C\C/C=C\C/C=C\CCCCCCCCCCCCCCCCC(=O)NC(COC1OC(CO)C(O)C(O)C1O)C(O)CCCCCCCCCCCCCCCCCCCCCCCCCCCCCCC. The van der Waals surface area contributed by atoms with Crippen molar-refractivity contribution in [1.29, 1.82) is 0 Å². The highest BCUT2D eigenvalue weighted by Crippen LogP contribution is 2.24. The lowest BCUT2D eigenvalue weighted by molar-refractivity contribution is -0.302. The number of aliphatic hydroxyl groups is 5. The predicted octanol–water partition coefficient (Wildman–Crippen LogP) is 20.3. The molecular weight excluding hydrogens is 1050 g/mol. The highest BCUT2D eigenvalue weighted by molar-refractivity contribution is 5.76. The normalized spacial score (nSPS) is 18.5. The number of hydrogen-bond acceptors (Lipinski definition) is 8. The molecule has 0 aromatic rings. The van der Waals surface area contributed by atoms with Gasteiger partial charge in [0.2, 0.25) is 5.91 Å². The Morgan fingerprint density at radius 2 is 0.729 bits per heavy atom. The molecule has 0 aromatic carbocycles. The number of aliphatic hydroxyl groups excluding tert-OH is 5. The fourth-order valence-corrected chi connectivity index (χ4v) is 11.6. The van der Waals surface area contributed by atoms with Crippen LogP contribution in [0.1, 0.15) is 348 Å². The Morgan fingerprint density at radius 3 is 1.08 bits per heavy atom. The van der Waals surface area contributed by atoms with Crippen molar-refractivity contribution in [3.63, 3.8) is 0 Å². The summed E-state index contributed by atoms with van der Waals surface area (Å²) in [6, 6.07) is -0.724. The van der Waals surface area contributed by atoms with E-state index in [1.165, 1.54) is 244 Å². The minimum absolute atomic E-state index is 0.138. The topological polar surface area (TPSA) is 149 Å². The summed E-state index contributed by atoms with van der Waals surface area (Å²) >= 11 is 0. The standard InChI is InChI=1S/C76H139NO8/c1-3-5-7-9-11-13-15-17-19-21-23-25-27-29-31-33-34-35-36-38-40-42-44-46-48-50-52-54-56-58-60-62-64-66-72(80)77-69(68-84-76-75(83)74(82)73(81)71(67-78)85-76)70(79)65-63-61-59-57-55-53-51-49-47-45-43-41-39-37-32-30-28-26-24-22-20-18-16-14-12-10-8-6-4-2/h5,7,11,13,17,19,23,25,29,31,34-35,69-71,73-76,78-79,81-83H,3-4,6,8-10,12,14-16,18,20-22,24,26-28,30,32-33,36-68H2,1-2H3,(H,77,80)/b7-5-,13-11-,19-17-,25-23-,31-29-,35-34-. The average molecular weight is 1190 g/mol. The molecule has 0 aliphatic carbocycles. The highest BCUT2D eigenvalue weighted by Gasteiger charge is 2.44. The minimum atomic E-state index is -1.56. The lowest BCUT2D eigenvalue weighted by Crippen LogP contribution is -2.60. The number of rotatable bonds is 64. The Labute approximate surface area is 525 Å². The Morgan fingerprint density at radius 1 is 0.412 bits per heavy atom. The first-order valence-corrected chi connectivity index (χ1v) is 36.6. The monoisotopic (exact) mass is 1190 g/mol. The van der Waals surface area contributed by atoms with Crippen LogP contribution in [0, 0.1) is 0 Å². The number of hydrogen-bond donors (Lipinski definition) is 6. The second kappa shape index (κ2) is 64.6. The number of carbonyl (C=O) groups is 1. The van der Waals surface area contributed by atoms with E-state index in [4.69, 9.17) is 9.47 Å². The number of unbranched alkanes of at least 4 members (excludes halogenated alkanes) is 42. The van der Waals surface area contributed by atoms with Gasteiger partial charge in [-0.15, -0.1) is 0 Å². The first kappa shape index (κ1) is 80.6. The number of nitrogens with one attached hydrogen (secondary N) is 1. The highest BCUT2D eigenvalue weighted by atomic mass is 16.7. The predicted molar refractivity (Wildman–Crippen MR) is 364 cm³/mol. The van der Waals surface area contributed by atoms with Gasteiger partial charge in [-0.1, -0.05) is 350 Å². The van der Waals surface area contributed by atoms with Gasteiger partial charge in [-0.3, -0.25) is 4.79 Å². The summed E-state index contributed by atoms with van der Waals surface area (Å²) < 4.78 is 11.4. The largest absolute Gasteiger partial charge is 0.394 e. The zero-order chi connectivity index (χ0) is 61.4. The van der Waals surface area contributed by atoms with Gasteiger partial charge in [0.25, 0.3) is 0 Å². The maximum absolute atomic E-state index is 13.2. The van der Waals surface area contributed by atoms with Crippen LogP contribution in [-0.2, 0) is 14.3 Å². The van der Waals surface area contributed by atoms with Crippen LogP contribution in [0.5, 0.6) is 0 Å². The van der Waals surface area contributed by atoms with Crippen molar-refractivity contribution in [3.8, 4) is 0 Å². The van der Waals surface area contributed by atoms with Crippen LogP contribution in [-0.4, -0.2) is 87.5 Å². The summed E-state index contributed by atoms with van der Waals surface area (Å²) in [4.78, 5) is 13.2. The van der Waals surface area contributed by atoms with E-state index < -0.39 is 49.5 Å². The molecule has 6 N–H and O–H groups in total. The van der Waals surface area contributed by atoms with Gasteiger partial charge in [0.05, 0.1) is 25.4 Å². The molecule has 1 aliphatic rings. The van der Waals surface area contributed by atoms with Gasteiger partial charge in [0.1, 0.15) is 24.4 Å². The van der Waals surface area contributed by atoms with Gasteiger partial charge in [-0.25, -0.2) is 0 Å². The summed E-state index contributed by atoms with van der Waals surface area (Å²) in [6.07, 6.45) is 84.0. The first-order valence-electron chi connectivity index (χ1n) is 36.6. The van der Waals surface area contributed by atoms with E-state index in [0.29, 0.717) is 12.8 Å². The van der Waals surface area contributed by atoms with Crippen LogP contribution < -0.4 is 5.32 Å². The number of ether oxygens (including phenoxy) is 2. The third-order valence-electron chi connectivity index (χ3n) is 17.3. The quantitative estimate of drug-likeness (QED) is 0.0261. The van der Waals surface area contributed by atoms with Crippen molar-refractivity contribution >= 4 is 5.91 Å². The van der Waals surface area contributed by atoms with Crippen molar-refractivity contribution < 1.29 is 39.8 Å². The van der Waals surface area contributed by atoms with Crippen LogP contribution in [0.2, 0.25) is 0 Å². The summed E-state index contributed by atoms with van der Waals surface area (Å²) in [6.45, 7) is 3.77. The maximum atomic E-state index is 13.2. The molecule has 1 saturated heterocycles. The summed E-state index contributed by atoms with van der Waals surface area (Å²) in [7, 11) is 0. The number of carbonyl (C=O) groups excluding carboxylic acids is 1. The van der Waals surface area contributed by atoms with Crippen molar-refractivity contribution in [1.82, 2.24) is 5.32 Å². The van der Waals surface area contributed by atoms with E-state index in [9.17, 15) is 30.3 Å². The third-order valence-corrected chi connectivity index (χ3v) is 17.3. The van der Waals surface area contributed by atoms with E-state index in [1.807, 2.05) is 0 Å². The molecule has 7 unspecified atom stereocenters. The van der Waals surface area contributed by atoms with Gasteiger partial charge in [0.15, 0.2) is 6.29 Å². The second-order valence-electron chi connectivity index (χ2n) is 25.4. The molecule has 9 nitrogen and oxygen atoms in total. The molecule has 0 aromatic heterocycles. The second-order valence-corrected chi connectivity index (χ2v) is 25.4. The third kappa shape index (κ3) is 53.2. The minimum Gasteiger partial charge on any atom is -0.394 e. The zero-order valence-electron chi connectivity index (χ0n) is 55.6. The molecule has 0 radical (unpaired) electrons. The smallest absolute Gasteiger partial charge is 0.220 e. The van der Waals surface area contributed by atoms with Crippen LogP contribution in [0.4, 0.5) is 0 Å². The van der Waals surface area contributed by atoms with Crippen molar-refractivity contribution in [2.45, 2.75) is 391 Å². The van der Waals surface area contributed by atoms with Gasteiger partial charge in [0, 0.05) is 6.42 Å². The van der Waals surface area contributed by atoms with E-state index in [-0.39, 0.29) is 12.5 Å². The van der Waals surface area contributed by atoms with Gasteiger partial charge in [-0.2, -0.15) is 0 Å². The zero-order valence-corrected chi connectivity index (χ0v) is 55.6. The fraction of sp³-hybridized carbons (Fsp3) is 0.829. The molecule has 1 aliphatic heterocycles. The fourth-order valence-electron chi connectivity index (χ4n) is 11.6. The van der Waals surface area contributed by atoms with E-state index in [2.05, 4.69) is 92.1 Å². The Bertz CT molecular complexity index is 1570. The van der Waals surface area contributed by atoms with E-state index in [0.717, 1.165) is 77.0 Å². The summed E-state index contributed by atoms with van der Waals surface area (Å²) in [5, 5.41) is 55.0. The number of amides is 1. The molecule has 1 fully saturated rings. The average Bonchev–Trinajstić information content (AvgIpc) is 3.68.